The van der Waals surface area contributed by atoms with Gasteiger partial charge in [-0.05, 0) is 54.7 Å². The molecule has 2 aromatic carbocycles. The minimum absolute atomic E-state index is 0.109. The van der Waals surface area contributed by atoms with Gasteiger partial charge in [0.2, 0.25) is 0 Å². The van der Waals surface area contributed by atoms with Gasteiger partial charge < -0.3 is 10.0 Å². The second-order valence-electron chi connectivity index (χ2n) is 9.00. The lowest BCUT2D eigenvalue weighted by Crippen LogP contribution is -2.32. The highest BCUT2D eigenvalue weighted by atomic mass is 32.1. The van der Waals surface area contributed by atoms with Gasteiger partial charge in [0, 0.05) is 42.5 Å². The second kappa shape index (κ2) is 10.3. The zero-order valence-corrected chi connectivity index (χ0v) is 22.0. The maximum atomic E-state index is 13.3. The Balaban J connectivity index is 1.21. The van der Waals surface area contributed by atoms with Gasteiger partial charge in [0.05, 0.1) is 10.2 Å². The highest BCUT2D eigenvalue weighted by molar-refractivity contribution is 7.22. The normalized spacial score (nSPS) is 13.0. The molecule has 3 aromatic heterocycles. The van der Waals surface area contributed by atoms with Crippen LogP contribution in [0, 0.1) is 0 Å². The first kappa shape index (κ1) is 24.3. The van der Waals surface area contributed by atoms with E-state index in [1.165, 1.54) is 22.7 Å². The number of aromatic nitrogens is 4. The number of para-hydroxylation sites is 1. The van der Waals surface area contributed by atoms with E-state index in [0.717, 1.165) is 39.1 Å². The van der Waals surface area contributed by atoms with E-state index in [1.54, 1.807) is 6.20 Å². The molecule has 6 rings (SSSR count). The number of hydrogen-bond donors (Lipinski definition) is 2. The Morgan fingerprint density at radius 3 is 2.76 bits per heavy atom. The number of amides is 1. The molecule has 1 aliphatic heterocycles. The van der Waals surface area contributed by atoms with Crippen LogP contribution in [0.25, 0.3) is 10.2 Å². The predicted molar refractivity (Wildman–Crippen MR) is 148 cm³/mol. The molecule has 11 heteroatoms. The molecule has 0 fully saturated rings. The molecule has 4 heterocycles. The average molecular weight is 545 g/mol. The van der Waals surface area contributed by atoms with Crippen molar-refractivity contribution in [3.8, 4) is 0 Å². The molecular formula is C27H24N6O3S2. The molecule has 9 nitrogen and oxygen atoms in total. The molecule has 5 aromatic rings. The quantitative estimate of drug-likeness (QED) is 0.280. The second-order valence-corrected chi connectivity index (χ2v) is 11.1. The summed E-state index contributed by atoms with van der Waals surface area (Å²) in [6.07, 6.45) is 5.75. The first-order valence-corrected chi connectivity index (χ1v) is 13.9. The minimum Gasteiger partial charge on any atom is -0.476 e. The summed E-state index contributed by atoms with van der Waals surface area (Å²) in [7, 11) is 0. The van der Waals surface area contributed by atoms with Crippen LogP contribution in [0.5, 0.6) is 0 Å². The fourth-order valence-electron chi connectivity index (χ4n) is 4.69. The van der Waals surface area contributed by atoms with E-state index in [1.807, 2.05) is 59.4 Å². The van der Waals surface area contributed by atoms with Gasteiger partial charge in [0.15, 0.2) is 16.0 Å². The van der Waals surface area contributed by atoms with E-state index in [2.05, 4.69) is 25.3 Å². The summed E-state index contributed by atoms with van der Waals surface area (Å²) in [4.78, 5) is 37.1. The van der Waals surface area contributed by atoms with Crippen molar-refractivity contribution in [3.63, 3.8) is 0 Å². The fraction of sp³-hybridized carbons (Fsp3) is 0.222. The van der Waals surface area contributed by atoms with Crippen LogP contribution in [-0.2, 0) is 25.9 Å². The molecule has 0 saturated heterocycles. The Labute approximate surface area is 226 Å². The summed E-state index contributed by atoms with van der Waals surface area (Å²) in [5.74, 6) is -1.22. The van der Waals surface area contributed by atoms with Gasteiger partial charge >= 0.3 is 5.97 Å². The molecule has 0 aliphatic carbocycles. The monoisotopic (exact) mass is 544 g/mol. The number of carbonyl (C=O) groups is 2. The number of aromatic carboxylic acids is 1. The van der Waals surface area contributed by atoms with Crippen LogP contribution in [0.4, 0.5) is 10.3 Å². The van der Waals surface area contributed by atoms with Crippen LogP contribution in [0.3, 0.4) is 0 Å². The van der Waals surface area contributed by atoms with E-state index in [9.17, 15) is 14.7 Å². The van der Waals surface area contributed by atoms with Crippen molar-refractivity contribution in [2.45, 2.75) is 32.4 Å². The number of thiazole rings is 2. The third-order valence-electron chi connectivity index (χ3n) is 6.54. The highest BCUT2D eigenvalue weighted by Gasteiger charge is 2.26. The van der Waals surface area contributed by atoms with Gasteiger partial charge in [-0.2, -0.15) is 5.10 Å². The SMILES string of the molecule is O=C(Nc1nc2ccccc2s1)c1cccc2c1CN(c1nc(C(=O)O)c(CCCn3cccn3)s1)CC2. The Morgan fingerprint density at radius 2 is 1.95 bits per heavy atom. The molecule has 1 amide bonds. The molecule has 2 N–H and O–H groups in total. The average Bonchev–Trinajstić information content (AvgIpc) is 3.68. The molecule has 1 aliphatic rings. The third-order valence-corrected chi connectivity index (χ3v) is 8.67. The van der Waals surface area contributed by atoms with Crippen molar-refractivity contribution in [2.24, 2.45) is 0 Å². The summed E-state index contributed by atoms with van der Waals surface area (Å²) in [6, 6.07) is 15.4. The number of benzene rings is 2. The lowest BCUT2D eigenvalue weighted by atomic mass is 9.94. The summed E-state index contributed by atoms with van der Waals surface area (Å²) in [5, 5.41) is 18.2. The Morgan fingerprint density at radius 1 is 1.05 bits per heavy atom. The third kappa shape index (κ3) is 4.90. The van der Waals surface area contributed by atoms with E-state index < -0.39 is 5.97 Å². The zero-order valence-electron chi connectivity index (χ0n) is 20.3. The fourth-order valence-corrected chi connectivity index (χ4v) is 6.67. The van der Waals surface area contributed by atoms with E-state index in [0.29, 0.717) is 41.9 Å². The van der Waals surface area contributed by atoms with E-state index in [-0.39, 0.29) is 11.6 Å². The van der Waals surface area contributed by atoms with Crippen LogP contribution in [0.2, 0.25) is 0 Å². The molecule has 0 spiro atoms. The summed E-state index contributed by atoms with van der Waals surface area (Å²) < 4.78 is 2.85. The summed E-state index contributed by atoms with van der Waals surface area (Å²) in [6.45, 7) is 1.90. The van der Waals surface area contributed by atoms with Crippen molar-refractivity contribution in [2.75, 3.05) is 16.8 Å². The largest absolute Gasteiger partial charge is 0.476 e. The number of nitrogens with zero attached hydrogens (tertiary/aromatic N) is 5. The van der Waals surface area contributed by atoms with Gasteiger partial charge in [-0.25, -0.2) is 14.8 Å². The van der Waals surface area contributed by atoms with Crippen molar-refractivity contribution in [3.05, 3.63) is 88.2 Å². The number of hydrogen-bond acceptors (Lipinski definition) is 8. The van der Waals surface area contributed by atoms with E-state index in [4.69, 9.17) is 0 Å². The van der Waals surface area contributed by atoms with Gasteiger partial charge in [-0.15, -0.1) is 11.3 Å². The lowest BCUT2D eigenvalue weighted by molar-refractivity contribution is 0.0690. The van der Waals surface area contributed by atoms with Crippen LogP contribution < -0.4 is 10.2 Å². The number of aryl methyl sites for hydroxylation is 2. The van der Waals surface area contributed by atoms with Gasteiger partial charge in [-0.1, -0.05) is 35.6 Å². The van der Waals surface area contributed by atoms with Crippen molar-refractivity contribution in [1.82, 2.24) is 19.7 Å². The summed E-state index contributed by atoms with van der Waals surface area (Å²) >= 11 is 2.87. The van der Waals surface area contributed by atoms with Crippen LogP contribution in [-0.4, -0.2) is 43.3 Å². The Kier molecular flexibility index (Phi) is 6.61. The molecule has 0 unspecified atom stereocenters. The standard InChI is InChI=1S/C27H24N6O3S2/c34-24(31-26-29-20-8-1-2-9-21(20)37-26)18-7-3-6-17-11-15-32(16-19(17)18)27-30-23(25(35)36)22(38-27)10-4-13-33-14-5-12-28-33/h1-3,5-9,12,14H,4,10-11,13,15-16H2,(H,35,36)(H,29,31,34). The molecule has 0 bridgehead atoms. The topological polar surface area (TPSA) is 113 Å². The lowest BCUT2D eigenvalue weighted by Gasteiger charge is -2.29. The molecule has 192 valence electrons. The van der Waals surface area contributed by atoms with Crippen LogP contribution >= 0.6 is 22.7 Å². The van der Waals surface area contributed by atoms with Crippen LogP contribution in [0.15, 0.2) is 60.9 Å². The van der Waals surface area contributed by atoms with Crippen molar-refractivity contribution in [1.29, 1.82) is 0 Å². The number of carboxylic acids is 1. The molecule has 38 heavy (non-hydrogen) atoms. The smallest absolute Gasteiger partial charge is 0.355 e. The van der Waals surface area contributed by atoms with Crippen molar-refractivity contribution >= 4 is 55.0 Å². The Bertz CT molecular complexity index is 1590. The number of nitrogens with one attached hydrogen (secondary N) is 1. The van der Waals surface area contributed by atoms with Crippen molar-refractivity contribution < 1.29 is 14.7 Å². The number of rotatable bonds is 8. The predicted octanol–water partition coefficient (Wildman–Crippen LogP) is 5.10. The molecule has 0 atom stereocenters. The summed E-state index contributed by atoms with van der Waals surface area (Å²) in [5.41, 5.74) is 3.61. The number of anilines is 2. The van der Waals surface area contributed by atoms with Crippen LogP contribution in [0.1, 0.15) is 43.3 Å². The van der Waals surface area contributed by atoms with Gasteiger partial charge in [0.25, 0.3) is 5.91 Å². The zero-order chi connectivity index (χ0) is 26.1. The number of carbonyl (C=O) groups excluding carboxylic acids is 1. The van der Waals surface area contributed by atoms with Gasteiger partial charge in [-0.3, -0.25) is 14.8 Å². The maximum absolute atomic E-state index is 13.3. The maximum Gasteiger partial charge on any atom is 0.355 e. The van der Waals surface area contributed by atoms with E-state index >= 15 is 0 Å². The molecule has 0 saturated carbocycles. The highest BCUT2D eigenvalue weighted by Crippen LogP contribution is 2.33. The number of carboxylic acid groups (broad SMARTS) is 1. The first-order chi connectivity index (χ1) is 18.5. The first-order valence-electron chi connectivity index (χ1n) is 12.3. The Hall–Kier alpha value is -4.09. The minimum atomic E-state index is -1.02. The molecular weight excluding hydrogens is 520 g/mol. The van der Waals surface area contributed by atoms with Gasteiger partial charge in [0.1, 0.15) is 0 Å². The number of fused-ring (bicyclic) bond motifs is 2. The molecule has 0 radical (unpaired) electrons.